The van der Waals surface area contributed by atoms with Crippen molar-refractivity contribution >= 4 is 28.7 Å². The zero-order chi connectivity index (χ0) is 23.9. The van der Waals surface area contributed by atoms with E-state index in [1.54, 1.807) is 6.20 Å². The lowest BCUT2D eigenvalue weighted by Gasteiger charge is -2.38. The van der Waals surface area contributed by atoms with Gasteiger partial charge in [-0.1, -0.05) is 17.7 Å². The minimum atomic E-state index is 0.0750. The molecule has 0 saturated carbocycles. The Morgan fingerprint density at radius 2 is 2.09 bits per heavy atom. The summed E-state index contributed by atoms with van der Waals surface area (Å²) in [6.07, 6.45) is 4.55. The molecule has 5 heterocycles. The number of amides is 2. The number of aromatic nitrogens is 2. The molecule has 0 bridgehead atoms. The van der Waals surface area contributed by atoms with E-state index >= 15 is 0 Å². The molecule has 1 aromatic carbocycles. The van der Waals surface area contributed by atoms with E-state index in [0.717, 1.165) is 35.1 Å². The van der Waals surface area contributed by atoms with Crippen LogP contribution in [0, 0.1) is 0 Å². The molecule has 2 N–H and O–H groups in total. The molecule has 3 aliphatic rings. The second kappa shape index (κ2) is 9.43. The molecule has 3 aromatic rings. The van der Waals surface area contributed by atoms with E-state index in [-0.39, 0.29) is 18.2 Å². The molecule has 2 fully saturated rings. The number of urea groups is 1. The Kier molecular flexibility index (Phi) is 6.14. The second-order valence-electron chi connectivity index (χ2n) is 9.62. The van der Waals surface area contributed by atoms with E-state index < -0.39 is 0 Å². The van der Waals surface area contributed by atoms with Gasteiger partial charge in [0.25, 0.3) is 0 Å². The van der Waals surface area contributed by atoms with Gasteiger partial charge in [0.05, 0.1) is 37.0 Å². The Balaban J connectivity index is 1.36. The summed E-state index contributed by atoms with van der Waals surface area (Å²) in [7, 11) is 0. The first kappa shape index (κ1) is 22.8. The van der Waals surface area contributed by atoms with Crippen molar-refractivity contribution in [2.75, 3.05) is 46.0 Å². The number of ether oxygens (including phenoxy) is 2. The Morgan fingerprint density at radius 3 is 2.91 bits per heavy atom. The number of aromatic amines is 1. The number of hydrogen-bond acceptors (Lipinski definition) is 5. The molecule has 2 atom stereocenters. The molecule has 2 unspecified atom stereocenters. The molecule has 0 radical (unpaired) electrons. The van der Waals surface area contributed by atoms with Crippen LogP contribution in [0.4, 0.5) is 4.79 Å². The minimum absolute atomic E-state index is 0.0750. The molecule has 2 saturated heterocycles. The van der Waals surface area contributed by atoms with E-state index in [1.807, 2.05) is 22.9 Å². The SMILES string of the molecule is CC1CN(C(=O)N2CCc3cc(-c4cnc5[nH]cc(Cl)c5c4)cc(C4COCCN4)c3C2)CCO1. The molecular weight excluding hydrogens is 466 g/mol. The number of carbonyl (C=O) groups is 1. The van der Waals surface area contributed by atoms with Gasteiger partial charge in [0.2, 0.25) is 0 Å². The number of hydrogen-bond donors (Lipinski definition) is 2. The van der Waals surface area contributed by atoms with Crippen LogP contribution in [0.1, 0.15) is 29.7 Å². The first-order valence-corrected chi connectivity index (χ1v) is 12.7. The van der Waals surface area contributed by atoms with Gasteiger partial charge in [-0.3, -0.25) is 0 Å². The lowest BCUT2D eigenvalue weighted by Crippen LogP contribution is -2.51. The number of halogens is 1. The van der Waals surface area contributed by atoms with Crippen molar-refractivity contribution in [2.24, 2.45) is 0 Å². The topological polar surface area (TPSA) is 82.7 Å². The van der Waals surface area contributed by atoms with Crippen molar-refractivity contribution in [3.8, 4) is 11.1 Å². The maximum absolute atomic E-state index is 13.3. The first-order chi connectivity index (χ1) is 17.1. The molecule has 9 heteroatoms. The Labute approximate surface area is 209 Å². The van der Waals surface area contributed by atoms with Crippen LogP contribution in [-0.2, 0) is 22.4 Å². The molecule has 0 spiro atoms. The number of pyridine rings is 1. The van der Waals surface area contributed by atoms with Crippen LogP contribution in [-0.4, -0.2) is 77.9 Å². The van der Waals surface area contributed by atoms with Crippen LogP contribution >= 0.6 is 11.6 Å². The lowest BCUT2D eigenvalue weighted by molar-refractivity contribution is -0.00977. The smallest absolute Gasteiger partial charge is 0.320 e. The number of nitrogens with one attached hydrogen (secondary N) is 2. The molecule has 2 aromatic heterocycles. The highest BCUT2D eigenvalue weighted by Gasteiger charge is 2.31. The molecule has 184 valence electrons. The highest BCUT2D eigenvalue weighted by molar-refractivity contribution is 6.35. The fraction of sp³-hybridized carbons (Fsp3) is 0.462. The van der Waals surface area contributed by atoms with Crippen LogP contribution in [0.2, 0.25) is 5.02 Å². The van der Waals surface area contributed by atoms with Crippen molar-refractivity contribution < 1.29 is 14.3 Å². The maximum Gasteiger partial charge on any atom is 0.320 e. The number of fused-ring (bicyclic) bond motifs is 2. The van der Waals surface area contributed by atoms with Crippen molar-refractivity contribution in [3.63, 3.8) is 0 Å². The molecule has 8 nitrogen and oxygen atoms in total. The van der Waals surface area contributed by atoms with Crippen LogP contribution in [0.5, 0.6) is 0 Å². The van der Waals surface area contributed by atoms with Crippen molar-refractivity contribution in [1.82, 2.24) is 25.1 Å². The maximum atomic E-state index is 13.3. The Bertz CT molecular complexity index is 1260. The fourth-order valence-corrected chi connectivity index (χ4v) is 5.62. The average molecular weight is 496 g/mol. The molecule has 6 rings (SSSR count). The zero-order valence-corrected chi connectivity index (χ0v) is 20.6. The molecular formula is C26H30ClN5O3. The number of morpholine rings is 2. The standard InChI is InChI=1S/C26H30ClN5O3/c1-16-13-32(5-7-35-16)26(33)31-4-2-17-8-18(19-10-21-23(27)12-30-25(21)29-11-19)9-20(22(17)14-31)24-15-34-6-3-28-24/h8-12,16,24,28H,2-7,13-15H2,1H3,(H,29,30). The summed E-state index contributed by atoms with van der Waals surface area (Å²) < 4.78 is 11.5. The summed E-state index contributed by atoms with van der Waals surface area (Å²) in [6.45, 7) is 7.35. The summed E-state index contributed by atoms with van der Waals surface area (Å²) in [5, 5.41) is 5.20. The van der Waals surface area contributed by atoms with E-state index in [9.17, 15) is 4.79 Å². The summed E-state index contributed by atoms with van der Waals surface area (Å²) in [5.41, 5.74) is 6.63. The molecule has 2 amide bonds. The number of rotatable bonds is 2. The van der Waals surface area contributed by atoms with Crippen LogP contribution in [0.25, 0.3) is 22.2 Å². The van der Waals surface area contributed by atoms with Gasteiger partial charge in [-0.15, -0.1) is 0 Å². The molecule has 3 aliphatic heterocycles. The average Bonchev–Trinajstić information content (AvgIpc) is 3.27. The lowest BCUT2D eigenvalue weighted by atomic mass is 9.87. The van der Waals surface area contributed by atoms with Gasteiger partial charge in [0.15, 0.2) is 0 Å². The summed E-state index contributed by atoms with van der Waals surface area (Å²) >= 11 is 6.37. The van der Waals surface area contributed by atoms with Gasteiger partial charge in [0, 0.05) is 56.1 Å². The Morgan fingerprint density at radius 1 is 1.17 bits per heavy atom. The predicted octanol–water partition coefficient (Wildman–Crippen LogP) is 3.74. The van der Waals surface area contributed by atoms with E-state index in [4.69, 9.17) is 21.1 Å². The third-order valence-corrected chi connectivity index (χ3v) is 7.58. The first-order valence-electron chi connectivity index (χ1n) is 12.3. The monoisotopic (exact) mass is 495 g/mol. The van der Waals surface area contributed by atoms with Gasteiger partial charge < -0.3 is 29.6 Å². The highest BCUT2D eigenvalue weighted by atomic mass is 35.5. The second-order valence-corrected chi connectivity index (χ2v) is 10.0. The fourth-order valence-electron chi connectivity index (χ4n) is 5.43. The van der Waals surface area contributed by atoms with Crippen LogP contribution in [0.15, 0.2) is 30.6 Å². The predicted molar refractivity (Wildman–Crippen MR) is 135 cm³/mol. The van der Waals surface area contributed by atoms with Gasteiger partial charge in [-0.25, -0.2) is 9.78 Å². The third-order valence-electron chi connectivity index (χ3n) is 7.27. The van der Waals surface area contributed by atoms with Crippen LogP contribution in [0.3, 0.4) is 0 Å². The zero-order valence-electron chi connectivity index (χ0n) is 19.8. The molecule has 0 aliphatic carbocycles. The normalized spacial score (nSPS) is 22.9. The van der Waals surface area contributed by atoms with Gasteiger partial charge >= 0.3 is 6.03 Å². The van der Waals surface area contributed by atoms with Gasteiger partial charge in [0.1, 0.15) is 5.65 Å². The number of benzene rings is 1. The van der Waals surface area contributed by atoms with Crippen molar-refractivity contribution in [1.29, 1.82) is 0 Å². The summed E-state index contributed by atoms with van der Waals surface area (Å²) in [5.74, 6) is 0. The quantitative estimate of drug-likeness (QED) is 0.566. The van der Waals surface area contributed by atoms with Crippen LogP contribution < -0.4 is 5.32 Å². The highest BCUT2D eigenvalue weighted by Crippen LogP contribution is 2.35. The number of nitrogens with zero attached hydrogens (tertiary/aromatic N) is 3. The third kappa shape index (κ3) is 4.40. The molecule has 35 heavy (non-hydrogen) atoms. The van der Waals surface area contributed by atoms with Gasteiger partial charge in [-0.2, -0.15) is 0 Å². The van der Waals surface area contributed by atoms with E-state index in [2.05, 4.69) is 33.5 Å². The minimum Gasteiger partial charge on any atom is -0.378 e. The van der Waals surface area contributed by atoms with Crippen molar-refractivity contribution in [3.05, 3.63) is 52.3 Å². The Hall–Kier alpha value is -2.65. The summed E-state index contributed by atoms with van der Waals surface area (Å²) in [4.78, 5) is 24.9. The van der Waals surface area contributed by atoms with E-state index in [1.165, 1.54) is 16.7 Å². The van der Waals surface area contributed by atoms with E-state index in [0.29, 0.717) is 51.0 Å². The number of carbonyl (C=O) groups excluding carboxylic acids is 1. The summed E-state index contributed by atoms with van der Waals surface area (Å²) in [6, 6.07) is 6.77. The number of H-pyrrole nitrogens is 1. The van der Waals surface area contributed by atoms with Gasteiger partial charge in [-0.05, 0) is 47.7 Å². The van der Waals surface area contributed by atoms with Crippen molar-refractivity contribution in [2.45, 2.75) is 32.0 Å². The largest absolute Gasteiger partial charge is 0.378 e.